The Kier molecular flexibility index (Phi) is 5.81. The summed E-state index contributed by atoms with van der Waals surface area (Å²) < 4.78 is 5.61. The Morgan fingerprint density at radius 2 is 1.81 bits per heavy atom. The molecule has 2 amide bonds. The maximum atomic E-state index is 12.3. The molecule has 0 saturated carbocycles. The molecule has 2 N–H and O–H groups in total. The Bertz CT molecular complexity index is 930. The van der Waals surface area contributed by atoms with Gasteiger partial charge in [-0.25, -0.2) is 4.98 Å². The van der Waals surface area contributed by atoms with Crippen molar-refractivity contribution >= 4 is 40.4 Å². The second kappa shape index (κ2) is 8.26. The number of nitrogens with one attached hydrogen (secondary N) is 2. The van der Waals surface area contributed by atoms with Crippen LogP contribution in [0.15, 0.2) is 52.1 Å². The molecule has 0 radical (unpaired) electrons. The van der Waals surface area contributed by atoms with Crippen LogP contribution in [-0.2, 0) is 9.59 Å². The number of thioether (sulfide) groups is 1. The molecule has 0 aliphatic carbocycles. The van der Waals surface area contributed by atoms with Crippen molar-refractivity contribution in [2.75, 3.05) is 11.9 Å². The number of amides is 2. The predicted molar refractivity (Wildman–Crippen MR) is 107 cm³/mol. The van der Waals surface area contributed by atoms with Crippen molar-refractivity contribution in [3.05, 3.63) is 53.6 Å². The van der Waals surface area contributed by atoms with Gasteiger partial charge in [-0.3, -0.25) is 9.59 Å². The highest BCUT2D eigenvalue weighted by Crippen LogP contribution is 2.26. The van der Waals surface area contributed by atoms with E-state index in [-0.39, 0.29) is 18.4 Å². The van der Waals surface area contributed by atoms with Crippen molar-refractivity contribution in [1.82, 2.24) is 10.3 Å². The highest BCUT2D eigenvalue weighted by molar-refractivity contribution is 8.00. The van der Waals surface area contributed by atoms with Gasteiger partial charge in [0.1, 0.15) is 5.52 Å². The molecule has 3 aromatic rings. The van der Waals surface area contributed by atoms with Crippen LogP contribution < -0.4 is 10.6 Å². The molecule has 2 aromatic carbocycles. The zero-order chi connectivity index (χ0) is 19.4. The molecule has 1 heterocycles. The lowest BCUT2D eigenvalue weighted by atomic mass is 10.1. The van der Waals surface area contributed by atoms with Crippen LogP contribution >= 0.6 is 11.8 Å². The second-order valence-corrected chi connectivity index (χ2v) is 7.53. The zero-order valence-electron chi connectivity index (χ0n) is 15.4. The maximum Gasteiger partial charge on any atom is 0.257 e. The van der Waals surface area contributed by atoms with Crippen molar-refractivity contribution in [1.29, 1.82) is 0 Å². The Morgan fingerprint density at radius 1 is 1.11 bits per heavy atom. The van der Waals surface area contributed by atoms with E-state index < -0.39 is 5.25 Å². The Morgan fingerprint density at radius 3 is 2.52 bits per heavy atom. The molecular weight excluding hydrogens is 362 g/mol. The minimum atomic E-state index is -0.439. The molecule has 0 aliphatic heterocycles. The van der Waals surface area contributed by atoms with E-state index in [0.717, 1.165) is 22.3 Å². The van der Waals surface area contributed by atoms with Gasteiger partial charge in [0.05, 0.1) is 11.8 Å². The highest BCUT2D eigenvalue weighted by Gasteiger charge is 2.19. The molecule has 7 heteroatoms. The van der Waals surface area contributed by atoms with E-state index in [2.05, 4.69) is 15.6 Å². The smallest absolute Gasteiger partial charge is 0.257 e. The number of oxazole rings is 1. The number of hydrogen-bond acceptors (Lipinski definition) is 5. The molecule has 27 heavy (non-hydrogen) atoms. The summed E-state index contributed by atoms with van der Waals surface area (Å²) in [6.45, 7) is 5.52. The van der Waals surface area contributed by atoms with E-state index in [0.29, 0.717) is 10.8 Å². The first-order valence-corrected chi connectivity index (χ1v) is 9.48. The Labute approximate surface area is 161 Å². The summed E-state index contributed by atoms with van der Waals surface area (Å²) in [6, 6.07) is 13.2. The summed E-state index contributed by atoms with van der Waals surface area (Å²) in [6.07, 6.45) is 0. The van der Waals surface area contributed by atoms with E-state index in [9.17, 15) is 9.59 Å². The quantitative estimate of drug-likeness (QED) is 0.635. The third-order valence-electron chi connectivity index (χ3n) is 4.09. The van der Waals surface area contributed by atoms with E-state index >= 15 is 0 Å². The molecular formula is C20H21N3O3S. The van der Waals surface area contributed by atoms with E-state index in [4.69, 9.17) is 4.42 Å². The topological polar surface area (TPSA) is 84.2 Å². The molecule has 1 atom stereocenters. The lowest BCUT2D eigenvalue weighted by molar-refractivity contribution is -0.123. The number of anilines is 1. The zero-order valence-corrected chi connectivity index (χ0v) is 16.2. The first kappa shape index (κ1) is 19.0. The second-order valence-electron chi connectivity index (χ2n) is 6.24. The van der Waals surface area contributed by atoms with Crippen molar-refractivity contribution in [2.24, 2.45) is 0 Å². The van der Waals surface area contributed by atoms with Crippen molar-refractivity contribution in [3.63, 3.8) is 0 Å². The van der Waals surface area contributed by atoms with Crippen LogP contribution in [0, 0.1) is 13.8 Å². The van der Waals surface area contributed by atoms with Gasteiger partial charge in [-0.15, -0.1) is 0 Å². The van der Waals surface area contributed by atoms with Gasteiger partial charge in [-0.2, -0.15) is 0 Å². The molecule has 0 aliphatic rings. The number of fused-ring (bicyclic) bond motifs is 1. The number of aromatic nitrogens is 1. The number of para-hydroxylation sites is 3. The number of aryl methyl sites for hydroxylation is 2. The lowest BCUT2D eigenvalue weighted by Gasteiger charge is -2.13. The molecule has 0 bridgehead atoms. The van der Waals surface area contributed by atoms with Gasteiger partial charge >= 0.3 is 0 Å². The van der Waals surface area contributed by atoms with Gasteiger partial charge in [0, 0.05) is 5.69 Å². The van der Waals surface area contributed by atoms with Crippen molar-refractivity contribution < 1.29 is 14.0 Å². The standard InChI is InChI=1S/C20H21N3O3S/c1-12-7-6-8-13(2)18(12)23-17(24)11-21-19(25)14(3)27-20-22-15-9-4-5-10-16(15)26-20/h4-10,14H,11H2,1-3H3,(H,21,25)(H,23,24). The number of benzene rings is 2. The van der Waals surface area contributed by atoms with E-state index in [1.165, 1.54) is 11.8 Å². The van der Waals surface area contributed by atoms with Crippen molar-refractivity contribution in [3.8, 4) is 0 Å². The van der Waals surface area contributed by atoms with Gasteiger partial charge < -0.3 is 15.1 Å². The largest absolute Gasteiger partial charge is 0.431 e. The van der Waals surface area contributed by atoms with Crippen LogP contribution in [0.3, 0.4) is 0 Å². The first-order valence-electron chi connectivity index (χ1n) is 8.60. The summed E-state index contributed by atoms with van der Waals surface area (Å²) in [5.41, 5.74) is 4.18. The minimum absolute atomic E-state index is 0.0922. The average molecular weight is 383 g/mol. The molecule has 1 unspecified atom stereocenters. The molecule has 0 fully saturated rings. The fourth-order valence-electron chi connectivity index (χ4n) is 2.61. The fraction of sp³-hybridized carbons (Fsp3) is 0.250. The number of rotatable bonds is 6. The molecule has 0 saturated heterocycles. The molecule has 1 aromatic heterocycles. The third-order valence-corrected chi connectivity index (χ3v) is 5.03. The Hall–Kier alpha value is -2.80. The van der Waals surface area contributed by atoms with Crippen LogP contribution in [0.5, 0.6) is 0 Å². The molecule has 0 spiro atoms. The SMILES string of the molecule is Cc1cccc(C)c1NC(=O)CNC(=O)C(C)Sc1nc2ccccc2o1. The van der Waals surface area contributed by atoms with Crippen LogP contribution in [-0.4, -0.2) is 28.6 Å². The number of carbonyl (C=O) groups excluding carboxylic acids is 2. The van der Waals surface area contributed by atoms with Gasteiger partial charge in [-0.1, -0.05) is 42.1 Å². The predicted octanol–water partition coefficient (Wildman–Crippen LogP) is 3.68. The number of nitrogens with zero attached hydrogens (tertiary/aromatic N) is 1. The van der Waals surface area contributed by atoms with Crippen LogP contribution in [0.25, 0.3) is 11.1 Å². The Balaban J connectivity index is 1.53. The number of hydrogen-bond donors (Lipinski definition) is 2. The van der Waals surface area contributed by atoms with Gasteiger partial charge in [0.25, 0.3) is 5.22 Å². The van der Waals surface area contributed by atoms with Gasteiger partial charge in [0.15, 0.2) is 5.58 Å². The van der Waals surface area contributed by atoms with Crippen LogP contribution in [0.1, 0.15) is 18.1 Å². The summed E-state index contributed by atoms with van der Waals surface area (Å²) in [4.78, 5) is 28.8. The van der Waals surface area contributed by atoms with Crippen LogP contribution in [0.2, 0.25) is 0 Å². The summed E-state index contributed by atoms with van der Waals surface area (Å²) in [5, 5.41) is 5.49. The minimum Gasteiger partial charge on any atom is -0.431 e. The van der Waals surface area contributed by atoms with Gasteiger partial charge in [-0.05, 0) is 44.0 Å². The molecule has 140 valence electrons. The summed E-state index contributed by atoms with van der Waals surface area (Å²) in [5.74, 6) is -0.515. The lowest BCUT2D eigenvalue weighted by Crippen LogP contribution is -2.37. The highest BCUT2D eigenvalue weighted by atomic mass is 32.2. The van der Waals surface area contributed by atoms with Crippen LogP contribution in [0.4, 0.5) is 5.69 Å². The summed E-state index contributed by atoms with van der Waals surface area (Å²) in [7, 11) is 0. The number of carbonyl (C=O) groups is 2. The monoisotopic (exact) mass is 383 g/mol. The van der Waals surface area contributed by atoms with E-state index in [1.807, 2.05) is 56.3 Å². The van der Waals surface area contributed by atoms with Gasteiger partial charge in [0.2, 0.25) is 11.8 Å². The summed E-state index contributed by atoms with van der Waals surface area (Å²) >= 11 is 1.22. The first-order chi connectivity index (χ1) is 12.9. The van der Waals surface area contributed by atoms with E-state index in [1.54, 1.807) is 6.92 Å². The average Bonchev–Trinajstić information content (AvgIpc) is 3.05. The normalized spacial score (nSPS) is 12.0. The maximum absolute atomic E-state index is 12.3. The third kappa shape index (κ3) is 4.68. The fourth-order valence-corrected chi connectivity index (χ4v) is 3.39. The molecule has 3 rings (SSSR count). The molecule has 6 nitrogen and oxygen atoms in total. The van der Waals surface area contributed by atoms with Crippen molar-refractivity contribution in [2.45, 2.75) is 31.2 Å².